The summed E-state index contributed by atoms with van der Waals surface area (Å²) in [4.78, 5) is 8.97. The van der Waals surface area contributed by atoms with E-state index in [-0.39, 0.29) is 46.9 Å². The molecule has 1 N–H and O–H groups in total. The van der Waals surface area contributed by atoms with E-state index in [2.05, 4.69) is 4.58 Å². The van der Waals surface area contributed by atoms with Crippen molar-refractivity contribution in [2.45, 2.75) is 0 Å². The van der Waals surface area contributed by atoms with Gasteiger partial charge in [0.15, 0.2) is 0 Å². The number of hydrogen-bond donors (Lipinski definition) is 1. The van der Waals surface area contributed by atoms with Crippen LogP contribution in [0.4, 0.5) is 0 Å². The zero-order valence-corrected chi connectivity index (χ0v) is 7.90. The van der Waals surface area contributed by atoms with E-state index >= 15 is 0 Å². The fourth-order valence-electron chi connectivity index (χ4n) is 0. The fourth-order valence-corrected chi connectivity index (χ4v) is 0. The first-order valence-electron chi connectivity index (χ1n) is 0.795. The van der Waals surface area contributed by atoms with Gasteiger partial charge in [0, 0.05) is 0 Å². The zero-order chi connectivity index (χ0) is 4.28. The van der Waals surface area contributed by atoms with Crippen LogP contribution in [-0.4, -0.2) is 31.8 Å². The third-order valence-electron chi connectivity index (χ3n) is 0.0745. The van der Waals surface area contributed by atoms with E-state index in [4.69, 9.17) is 14.5 Å². The van der Waals surface area contributed by atoms with Gasteiger partial charge in [-0.15, -0.1) is 0 Å². The first kappa shape index (κ1) is 15.7. The van der Waals surface area contributed by atoms with E-state index in [9.17, 15) is 0 Å². The second kappa shape index (κ2) is 10.2. The topological polar surface area (TPSA) is 69.6 Å². The van der Waals surface area contributed by atoms with Crippen LogP contribution < -0.4 is 34.4 Å². The molecule has 0 radical (unpaired) electrons. The van der Waals surface area contributed by atoms with Crippen molar-refractivity contribution < 1.29 is 48.6 Å². The first-order chi connectivity index (χ1) is 2.27. The molecule has 0 aromatic rings. The molecule has 0 aliphatic carbocycles. The molecule has 0 unspecified atom stereocenters. The molecule has 0 heterocycles. The van der Waals surface area contributed by atoms with Gasteiger partial charge < -0.3 is 13.8 Å². The predicted octanol–water partition coefficient (Wildman–Crippen LogP) is -5.13. The average Bonchev–Trinajstić information content (AvgIpc) is 1.38. The van der Waals surface area contributed by atoms with E-state index in [1.54, 1.807) is 0 Å². The molecule has 0 fully saturated rings. The minimum absolute atomic E-state index is 0. The fraction of sp³-hybridized carbons (Fsp3) is 0. The molecule has 0 aromatic carbocycles. The minimum Gasteiger partial charge on any atom is -0.478 e. The van der Waals surface area contributed by atoms with Gasteiger partial charge in [0.2, 0.25) is 0 Å². The maximum Gasteiger partial charge on any atom is 3.00 e. The SMILES string of the molecule is O=[Si]([O-])OO.[Al+3].[Na+]. The molecular formula is HAlNaO4Si+3. The van der Waals surface area contributed by atoms with E-state index in [0.29, 0.717) is 0 Å². The Morgan fingerprint density at radius 1 is 1.71 bits per heavy atom. The summed E-state index contributed by atoms with van der Waals surface area (Å²) < 4.78 is 11.7. The third kappa shape index (κ3) is 19.2. The second-order valence-electron chi connectivity index (χ2n) is 0.341. The van der Waals surface area contributed by atoms with Crippen LogP contribution in [-0.2, 0) is 9.04 Å². The molecule has 0 bridgehead atoms. The standard InChI is InChI=1S/Al.Na.HO4Si/c;;1-4-5(2)3/h;;1H/q+3;+1;-1. The Kier molecular flexibility index (Phi) is 22.8. The van der Waals surface area contributed by atoms with Crippen LogP contribution in [0.15, 0.2) is 0 Å². The Morgan fingerprint density at radius 3 is 1.86 bits per heavy atom. The summed E-state index contributed by atoms with van der Waals surface area (Å²) in [5.74, 6) is 0. The summed E-state index contributed by atoms with van der Waals surface area (Å²) in [5.41, 5.74) is 0. The summed E-state index contributed by atoms with van der Waals surface area (Å²) in [5, 5.41) is 7.06. The molecule has 30 valence electrons. The smallest absolute Gasteiger partial charge is 0.478 e. The van der Waals surface area contributed by atoms with Crippen LogP contribution in [0.2, 0.25) is 0 Å². The van der Waals surface area contributed by atoms with Gasteiger partial charge in [-0.2, -0.15) is 0 Å². The van der Waals surface area contributed by atoms with Crippen LogP contribution >= 0.6 is 0 Å². The van der Waals surface area contributed by atoms with Crippen molar-refractivity contribution in [3.8, 4) is 0 Å². The summed E-state index contributed by atoms with van der Waals surface area (Å²) in [6.45, 7) is 0. The van der Waals surface area contributed by atoms with Crippen LogP contribution in [0, 0.1) is 0 Å². The van der Waals surface area contributed by atoms with Gasteiger partial charge >= 0.3 is 56.1 Å². The molecule has 0 amide bonds. The molecule has 0 aromatic heterocycles. The van der Waals surface area contributed by atoms with Gasteiger partial charge in [-0.1, -0.05) is 0 Å². The van der Waals surface area contributed by atoms with Crippen molar-refractivity contribution in [3.63, 3.8) is 0 Å². The molecule has 0 atom stereocenters. The van der Waals surface area contributed by atoms with Gasteiger partial charge in [0.25, 0.3) is 0 Å². The molecule has 4 nitrogen and oxygen atoms in total. The maximum absolute atomic E-state index is 8.97. The summed E-state index contributed by atoms with van der Waals surface area (Å²) >= 11 is 0. The van der Waals surface area contributed by atoms with E-state index in [0.717, 1.165) is 0 Å². The summed E-state index contributed by atoms with van der Waals surface area (Å²) in [7, 11) is -3.32. The molecule has 0 aliphatic heterocycles. The maximum atomic E-state index is 8.97. The van der Waals surface area contributed by atoms with Crippen LogP contribution in [0.3, 0.4) is 0 Å². The van der Waals surface area contributed by atoms with Crippen molar-refractivity contribution >= 4 is 26.5 Å². The minimum atomic E-state index is -3.32. The second-order valence-corrected chi connectivity index (χ2v) is 1.02. The van der Waals surface area contributed by atoms with Crippen molar-refractivity contribution in [1.82, 2.24) is 0 Å². The monoisotopic (exact) mass is 143 g/mol. The van der Waals surface area contributed by atoms with Crippen LogP contribution in [0.1, 0.15) is 0 Å². The van der Waals surface area contributed by atoms with E-state index in [1.165, 1.54) is 0 Å². The Morgan fingerprint density at radius 2 is 1.86 bits per heavy atom. The summed E-state index contributed by atoms with van der Waals surface area (Å²) in [6.07, 6.45) is 0. The molecule has 7 heavy (non-hydrogen) atoms. The normalized spacial score (nSPS) is 4.71. The Hall–Kier alpha value is 1.11. The third-order valence-corrected chi connectivity index (χ3v) is 0.224. The molecule has 0 spiro atoms. The Balaban J connectivity index is -0.0000000800. The van der Waals surface area contributed by atoms with Crippen LogP contribution in [0.25, 0.3) is 0 Å². The van der Waals surface area contributed by atoms with Gasteiger partial charge in [-0.05, 0) is 0 Å². The van der Waals surface area contributed by atoms with Crippen molar-refractivity contribution in [1.29, 1.82) is 0 Å². The zero-order valence-electron chi connectivity index (χ0n) is 3.75. The first-order valence-corrected chi connectivity index (χ1v) is 2.02. The molecule has 7 heteroatoms. The predicted molar refractivity (Wildman–Crippen MR) is 15.9 cm³/mol. The quantitative estimate of drug-likeness (QED) is 0.226. The van der Waals surface area contributed by atoms with Gasteiger partial charge in [-0.3, -0.25) is 5.26 Å². The molecule has 0 rings (SSSR count). The van der Waals surface area contributed by atoms with Gasteiger partial charge in [0.05, 0.1) is 0 Å². The van der Waals surface area contributed by atoms with Gasteiger partial charge in [-0.25, -0.2) is 0 Å². The number of rotatable bonds is 1. The van der Waals surface area contributed by atoms with Gasteiger partial charge in [0.1, 0.15) is 0 Å². The Bertz CT molecular complexity index is 47.0. The molecule has 0 aliphatic rings. The number of hydrogen-bond acceptors (Lipinski definition) is 4. The van der Waals surface area contributed by atoms with Crippen molar-refractivity contribution in [2.24, 2.45) is 0 Å². The van der Waals surface area contributed by atoms with Crippen molar-refractivity contribution in [3.05, 3.63) is 0 Å². The van der Waals surface area contributed by atoms with E-state index in [1.807, 2.05) is 0 Å². The molecular weight excluding hydrogens is 142 g/mol. The Labute approximate surface area is 74.7 Å². The van der Waals surface area contributed by atoms with Crippen molar-refractivity contribution in [2.75, 3.05) is 0 Å². The molecule has 0 saturated heterocycles. The van der Waals surface area contributed by atoms with Crippen LogP contribution in [0.5, 0.6) is 0 Å². The summed E-state index contributed by atoms with van der Waals surface area (Å²) in [6, 6.07) is 0. The average molecular weight is 143 g/mol. The molecule has 0 saturated carbocycles. The largest absolute Gasteiger partial charge is 3.00 e. The van der Waals surface area contributed by atoms with E-state index < -0.39 is 9.17 Å².